The molecule has 2 heteroatoms. The first kappa shape index (κ1) is 9.01. The Hall–Kier alpha value is -0.0800. The largest absolute Gasteiger partial charge is 0.315 e. The van der Waals surface area contributed by atoms with E-state index < -0.39 is 0 Å². The third kappa shape index (κ3) is 2.46. The first-order valence-electron chi connectivity index (χ1n) is 4.68. The Morgan fingerprint density at radius 3 is 2.73 bits per heavy atom. The van der Waals surface area contributed by atoms with E-state index in [1.165, 1.54) is 19.5 Å². The third-order valence-corrected chi connectivity index (χ3v) is 2.52. The van der Waals surface area contributed by atoms with Gasteiger partial charge in [-0.15, -0.1) is 0 Å². The highest BCUT2D eigenvalue weighted by Crippen LogP contribution is 2.09. The molecule has 0 bridgehead atoms. The minimum atomic E-state index is 0.699. The summed E-state index contributed by atoms with van der Waals surface area (Å²) in [6, 6.07) is 1.45. The Bertz CT molecular complexity index is 112. The lowest BCUT2D eigenvalue weighted by molar-refractivity contribution is 0.174. The summed E-state index contributed by atoms with van der Waals surface area (Å²) in [6.45, 7) is 10.4. The number of rotatable bonds is 1. The van der Waals surface area contributed by atoms with Gasteiger partial charge in [0.15, 0.2) is 0 Å². The molecule has 0 aromatic heterocycles. The second-order valence-electron chi connectivity index (χ2n) is 3.72. The maximum Gasteiger partial charge on any atom is 0.0112 e. The number of nitrogens with zero attached hydrogens (tertiary/aromatic N) is 1. The van der Waals surface area contributed by atoms with E-state index in [4.69, 9.17) is 0 Å². The van der Waals surface area contributed by atoms with Crippen LogP contribution in [0, 0.1) is 0 Å². The molecule has 1 rings (SSSR count). The molecule has 0 unspecified atom stereocenters. The normalized spacial score (nSPS) is 28.9. The van der Waals surface area contributed by atoms with Gasteiger partial charge in [0.2, 0.25) is 0 Å². The van der Waals surface area contributed by atoms with Crippen LogP contribution >= 0.6 is 0 Å². The molecule has 1 N–H and O–H groups in total. The zero-order valence-electron chi connectivity index (χ0n) is 7.93. The Kier molecular flexibility index (Phi) is 3.34. The van der Waals surface area contributed by atoms with Crippen molar-refractivity contribution < 1.29 is 0 Å². The molecule has 1 atom stereocenters. The van der Waals surface area contributed by atoms with E-state index in [1.54, 1.807) is 0 Å². The summed E-state index contributed by atoms with van der Waals surface area (Å²) in [5.41, 5.74) is 0. The predicted molar refractivity (Wildman–Crippen MR) is 48.8 cm³/mol. The van der Waals surface area contributed by atoms with Gasteiger partial charge in [-0.25, -0.2) is 0 Å². The summed E-state index contributed by atoms with van der Waals surface area (Å²) < 4.78 is 0. The molecule has 2 nitrogen and oxygen atoms in total. The molecule has 11 heavy (non-hydrogen) atoms. The fourth-order valence-electron chi connectivity index (χ4n) is 1.80. The lowest BCUT2D eigenvalue weighted by Gasteiger charge is -2.30. The minimum absolute atomic E-state index is 0.699. The molecule has 0 saturated carbocycles. The van der Waals surface area contributed by atoms with Gasteiger partial charge in [-0.1, -0.05) is 0 Å². The summed E-state index contributed by atoms with van der Waals surface area (Å²) in [6.07, 6.45) is 1.29. The van der Waals surface area contributed by atoms with Crippen LogP contribution in [0.2, 0.25) is 0 Å². The second kappa shape index (κ2) is 4.07. The van der Waals surface area contributed by atoms with Gasteiger partial charge in [-0.05, 0) is 33.7 Å². The topological polar surface area (TPSA) is 15.3 Å². The molecule has 1 saturated heterocycles. The predicted octanol–water partition coefficient (Wildman–Crippen LogP) is 1.08. The van der Waals surface area contributed by atoms with Gasteiger partial charge in [0.05, 0.1) is 0 Å². The van der Waals surface area contributed by atoms with Crippen LogP contribution < -0.4 is 5.32 Å². The van der Waals surface area contributed by atoms with Crippen LogP contribution in [-0.2, 0) is 0 Å². The van der Waals surface area contributed by atoms with Crippen molar-refractivity contribution in [2.45, 2.75) is 39.3 Å². The maximum atomic E-state index is 3.42. The molecule has 0 aromatic rings. The summed E-state index contributed by atoms with van der Waals surface area (Å²) in [7, 11) is 0. The fraction of sp³-hybridized carbons (Fsp3) is 1.00. The van der Waals surface area contributed by atoms with Crippen molar-refractivity contribution in [3.8, 4) is 0 Å². The molecule has 1 fully saturated rings. The second-order valence-corrected chi connectivity index (χ2v) is 3.72. The van der Waals surface area contributed by atoms with E-state index >= 15 is 0 Å². The zero-order valence-corrected chi connectivity index (χ0v) is 7.93. The summed E-state index contributed by atoms with van der Waals surface area (Å²) >= 11 is 0. The SMILES string of the molecule is CC(C)N1CCNCC[C@@H]1C. The molecule has 66 valence electrons. The van der Waals surface area contributed by atoms with Crippen molar-refractivity contribution in [1.82, 2.24) is 10.2 Å². The molecular weight excluding hydrogens is 136 g/mol. The Balaban J connectivity index is 2.45. The van der Waals surface area contributed by atoms with Gasteiger partial charge < -0.3 is 5.32 Å². The van der Waals surface area contributed by atoms with Gasteiger partial charge in [0.1, 0.15) is 0 Å². The highest BCUT2D eigenvalue weighted by atomic mass is 15.2. The fourth-order valence-corrected chi connectivity index (χ4v) is 1.80. The molecule has 0 amide bonds. The maximum absolute atomic E-state index is 3.42. The van der Waals surface area contributed by atoms with Crippen molar-refractivity contribution in [2.75, 3.05) is 19.6 Å². The molecule has 0 spiro atoms. The lowest BCUT2D eigenvalue weighted by atomic mass is 10.2. The number of nitrogens with one attached hydrogen (secondary N) is 1. The smallest absolute Gasteiger partial charge is 0.0112 e. The third-order valence-electron chi connectivity index (χ3n) is 2.52. The summed E-state index contributed by atoms with van der Waals surface area (Å²) in [5, 5.41) is 3.42. The summed E-state index contributed by atoms with van der Waals surface area (Å²) in [5.74, 6) is 0. The quantitative estimate of drug-likeness (QED) is 0.611. The average Bonchev–Trinajstić information content (AvgIpc) is 2.13. The van der Waals surface area contributed by atoms with Gasteiger partial charge >= 0.3 is 0 Å². The van der Waals surface area contributed by atoms with Gasteiger partial charge in [0.25, 0.3) is 0 Å². The van der Waals surface area contributed by atoms with Crippen molar-refractivity contribution >= 4 is 0 Å². The van der Waals surface area contributed by atoms with Crippen molar-refractivity contribution in [1.29, 1.82) is 0 Å². The Labute approximate surface area is 70.0 Å². The lowest BCUT2D eigenvalue weighted by Crippen LogP contribution is -2.39. The number of hydrogen-bond donors (Lipinski definition) is 1. The molecule has 0 aromatic carbocycles. The van der Waals surface area contributed by atoms with E-state index in [0.717, 1.165) is 12.6 Å². The van der Waals surface area contributed by atoms with Gasteiger partial charge in [-0.3, -0.25) is 4.90 Å². The zero-order chi connectivity index (χ0) is 8.27. The van der Waals surface area contributed by atoms with E-state index in [2.05, 4.69) is 31.0 Å². The molecule has 1 heterocycles. The van der Waals surface area contributed by atoms with E-state index in [1.807, 2.05) is 0 Å². The van der Waals surface area contributed by atoms with Crippen molar-refractivity contribution in [3.05, 3.63) is 0 Å². The monoisotopic (exact) mass is 156 g/mol. The molecule has 0 aliphatic carbocycles. The van der Waals surface area contributed by atoms with E-state index in [-0.39, 0.29) is 0 Å². The van der Waals surface area contributed by atoms with Crippen LogP contribution in [0.25, 0.3) is 0 Å². The molecule has 0 radical (unpaired) electrons. The molecular formula is C9H20N2. The van der Waals surface area contributed by atoms with Gasteiger partial charge in [0, 0.05) is 25.2 Å². The molecule has 1 aliphatic heterocycles. The van der Waals surface area contributed by atoms with Crippen molar-refractivity contribution in [2.24, 2.45) is 0 Å². The van der Waals surface area contributed by atoms with Crippen LogP contribution in [0.1, 0.15) is 27.2 Å². The highest BCUT2D eigenvalue weighted by molar-refractivity contribution is 4.75. The van der Waals surface area contributed by atoms with Crippen LogP contribution in [0.4, 0.5) is 0 Å². The minimum Gasteiger partial charge on any atom is -0.315 e. The first-order valence-corrected chi connectivity index (χ1v) is 4.68. The number of hydrogen-bond acceptors (Lipinski definition) is 2. The van der Waals surface area contributed by atoms with Crippen LogP contribution in [0.15, 0.2) is 0 Å². The molecule has 1 aliphatic rings. The van der Waals surface area contributed by atoms with Crippen molar-refractivity contribution in [3.63, 3.8) is 0 Å². The summed E-state index contributed by atoms with van der Waals surface area (Å²) in [4.78, 5) is 2.57. The average molecular weight is 156 g/mol. The first-order chi connectivity index (χ1) is 5.22. The standard InChI is InChI=1S/C9H20N2/c1-8(2)11-7-6-10-5-4-9(11)3/h8-10H,4-7H2,1-3H3/t9-/m0/s1. The Morgan fingerprint density at radius 1 is 1.36 bits per heavy atom. The van der Waals surface area contributed by atoms with Crippen LogP contribution in [-0.4, -0.2) is 36.6 Å². The van der Waals surface area contributed by atoms with E-state index in [0.29, 0.717) is 6.04 Å². The van der Waals surface area contributed by atoms with Gasteiger partial charge in [-0.2, -0.15) is 0 Å². The van der Waals surface area contributed by atoms with Crippen LogP contribution in [0.3, 0.4) is 0 Å². The highest BCUT2D eigenvalue weighted by Gasteiger charge is 2.18. The van der Waals surface area contributed by atoms with Crippen LogP contribution in [0.5, 0.6) is 0 Å². The Morgan fingerprint density at radius 2 is 2.09 bits per heavy atom. The van der Waals surface area contributed by atoms with E-state index in [9.17, 15) is 0 Å².